The molecule has 5 heteroatoms. The number of carbonyl (C=O) groups excluding carboxylic acids is 2. The van der Waals surface area contributed by atoms with Crippen LogP contribution in [0.15, 0.2) is 0 Å². The fraction of sp³-hybridized carbons (Fsp3) is 0.800. The van der Waals surface area contributed by atoms with Gasteiger partial charge in [0, 0.05) is 31.8 Å². The second-order valence-electron chi connectivity index (χ2n) is 4.13. The summed E-state index contributed by atoms with van der Waals surface area (Å²) in [5, 5.41) is 9.22. The summed E-state index contributed by atoms with van der Waals surface area (Å²) in [6, 6.07) is 0. The van der Waals surface area contributed by atoms with Crippen molar-refractivity contribution in [2.75, 3.05) is 6.61 Å². The Bertz CT molecular complexity index is 288. The van der Waals surface area contributed by atoms with Gasteiger partial charge in [-0.2, -0.15) is 0 Å². The summed E-state index contributed by atoms with van der Waals surface area (Å²) >= 11 is 0. The molecule has 0 spiro atoms. The molecule has 2 aliphatic rings. The molecule has 0 amide bonds. The summed E-state index contributed by atoms with van der Waals surface area (Å²) in [6.07, 6.45) is 0.351. The van der Waals surface area contributed by atoms with Crippen molar-refractivity contribution in [1.29, 1.82) is 0 Å². The first-order chi connectivity index (χ1) is 7.11. The minimum atomic E-state index is -0.357. The van der Waals surface area contributed by atoms with Gasteiger partial charge in [0.2, 0.25) is 0 Å². The normalized spacial score (nSPS) is 38.7. The number of rotatable bonds is 2. The second-order valence-corrected chi connectivity index (χ2v) is 4.13. The molecule has 0 radical (unpaired) electrons. The maximum Gasteiger partial charge on any atom is 0.306 e. The lowest BCUT2D eigenvalue weighted by atomic mass is 9.93. The number of fused-ring (bicyclic) bond motifs is 1. The van der Waals surface area contributed by atoms with Crippen LogP contribution < -0.4 is 0 Å². The molecule has 0 aromatic carbocycles. The molecule has 1 unspecified atom stereocenters. The number of hydrogen-bond donors (Lipinski definition) is 1. The van der Waals surface area contributed by atoms with E-state index in [-0.39, 0.29) is 42.6 Å². The van der Waals surface area contributed by atoms with Crippen molar-refractivity contribution in [1.82, 2.24) is 0 Å². The van der Waals surface area contributed by atoms with E-state index in [0.29, 0.717) is 12.8 Å². The van der Waals surface area contributed by atoms with Crippen molar-refractivity contribution in [2.24, 2.45) is 11.8 Å². The highest BCUT2D eigenvalue weighted by atomic mass is 16.6. The first-order valence-electron chi connectivity index (χ1n) is 5.09. The Labute approximate surface area is 87.4 Å². The maximum atomic E-state index is 11.0. The van der Waals surface area contributed by atoms with E-state index in [9.17, 15) is 14.7 Å². The molecular formula is C10H14O5. The minimum absolute atomic E-state index is 0.00634. The number of aliphatic hydroxyl groups excluding tert-OH is 1. The van der Waals surface area contributed by atoms with Crippen LogP contribution in [0.2, 0.25) is 0 Å². The summed E-state index contributed by atoms with van der Waals surface area (Å²) in [5.74, 6) is -0.730. The Hall–Kier alpha value is -1.10. The average molecular weight is 214 g/mol. The van der Waals surface area contributed by atoms with Crippen LogP contribution in [-0.2, 0) is 19.1 Å². The van der Waals surface area contributed by atoms with Crippen LogP contribution in [0, 0.1) is 11.8 Å². The van der Waals surface area contributed by atoms with Gasteiger partial charge in [-0.05, 0) is 0 Å². The predicted octanol–water partition coefficient (Wildman–Crippen LogP) is -0.138. The monoisotopic (exact) mass is 214 g/mol. The molecule has 15 heavy (non-hydrogen) atoms. The summed E-state index contributed by atoms with van der Waals surface area (Å²) in [7, 11) is 0. The van der Waals surface area contributed by atoms with Crippen molar-refractivity contribution in [3.63, 3.8) is 0 Å². The summed E-state index contributed by atoms with van der Waals surface area (Å²) in [6.45, 7) is 1.27. The van der Waals surface area contributed by atoms with Gasteiger partial charge in [-0.15, -0.1) is 0 Å². The molecule has 4 atom stereocenters. The third-order valence-electron chi connectivity index (χ3n) is 3.18. The van der Waals surface area contributed by atoms with Gasteiger partial charge in [0.05, 0.1) is 6.42 Å². The summed E-state index contributed by atoms with van der Waals surface area (Å²) in [4.78, 5) is 21.9. The second kappa shape index (κ2) is 3.81. The largest absolute Gasteiger partial charge is 0.462 e. The first kappa shape index (κ1) is 10.4. The zero-order valence-electron chi connectivity index (χ0n) is 8.51. The molecule has 2 rings (SSSR count). The zero-order chi connectivity index (χ0) is 11.0. The van der Waals surface area contributed by atoms with E-state index in [1.54, 1.807) is 0 Å². The molecule has 1 N–H and O–H groups in total. The van der Waals surface area contributed by atoms with Crippen LogP contribution in [0.25, 0.3) is 0 Å². The lowest BCUT2D eigenvalue weighted by Gasteiger charge is -2.19. The predicted molar refractivity (Wildman–Crippen MR) is 48.7 cm³/mol. The molecule has 5 nitrogen and oxygen atoms in total. The number of ether oxygens (including phenoxy) is 2. The third kappa shape index (κ3) is 1.84. The quantitative estimate of drug-likeness (QED) is 0.648. The Morgan fingerprint density at radius 3 is 3.00 bits per heavy atom. The Morgan fingerprint density at radius 2 is 2.40 bits per heavy atom. The van der Waals surface area contributed by atoms with E-state index >= 15 is 0 Å². The molecule has 1 aliphatic heterocycles. The van der Waals surface area contributed by atoms with Gasteiger partial charge in [-0.25, -0.2) is 0 Å². The highest BCUT2D eigenvalue weighted by Gasteiger charge is 2.51. The molecule has 1 heterocycles. The van der Waals surface area contributed by atoms with Gasteiger partial charge in [0.25, 0.3) is 0 Å². The lowest BCUT2D eigenvalue weighted by molar-refractivity contribution is -0.150. The van der Waals surface area contributed by atoms with Crippen LogP contribution in [0.1, 0.15) is 19.8 Å². The molecule has 0 aromatic rings. The van der Waals surface area contributed by atoms with E-state index in [1.807, 2.05) is 0 Å². The van der Waals surface area contributed by atoms with Crippen LogP contribution in [0.4, 0.5) is 0 Å². The fourth-order valence-electron chi connectivity index (χ4n) is 2.56. The topological polar surface area (TPSA) is 72.8 Å². The van der Waals surface area contributed by atoms with Crippen molar-refractivity contribution in [3.8, 4) is 0 Å². The van der Waals surface area contributed by atoms with Gasteiger partial charge >= 0.3 is 11.9 Å². The minimum Gasteiger partial charge on any atom is -0.462 e. The summed E-state index contributed by atoms with van der Waals surface area (Å²) in [5.41, 5.74) is 0. The van der Waals surface area contributed by atoms with Crippen LogP contribution >= 0.6 is 0 Å². The van der Waals surface area contributed by atoms with Crippen molar-refractivity contribution in [3.05, 3.63) is 0 Å². The standard InChI is InChI=1S/C10H14O5/c1-5(12)14-9-3-8-6(7(9)4-11)2-10(13)15-8/h6-9,11H,2-4H2,1H3/t6-,7-,8?,9-/m1/s1. The molecule has 1 saturated heterocycles. The number of esters is 2. The highest BCUT2D eigenvalue weighted by Crippen LogP contribution is 2.42. The van der Waals surface area contributed by atoms with E-state index in [1.165, 1.54) is 6.92 Å². The maximum absolute atomic E-state index is 11.0. The number of aliphatic hydroxyl groups is 1. The Balaban J connectivity index is 2.06. The molecule has 1 aliphatic carbocycles. The molecule has 84 valence electrons. The van der Waals surface area contributed by atoms with Gasteiger partial charge in [0.15, 0.2) is 0 Å². The van der Waals surface area contributed by atoms with Crippen LogP contribution in [0.3, 0.4) is 0 Å². The zero-order valence-corrected chi connectivity index (χ0v) is 8.51. The van der Waals surface area contributed by atoms with Gasteiger partial charge in [0.1, 0.15) is 12.2 Å². The van der Waals surface area contributed by atoms with Crippen molar-refractivity contribution >= 4 is 11.9 Å². The van der Waals surface area contributed by atoms with E-state index in [2.05, 4.69) is 0 Å². The van der Waals surface area contributed by atoms with E-state index < -0.39 is 0 Å². The third-order valence-corrected chi connectivity index (χ3v) is 3.18. The number of carbonyl (C=O) groups is 2. The van der Waals surface area contributed by atoms with E-state index in [4.69, 9.17) is 9.47 Å². The van der Waals surface area contributed by atoms with Crippen molar-refractivity contribution < 1.29 is 24.2 Å². The average Bonchev–Trinajstić information content (AvgIpc) is 2.59. The number of hydrogen-bond acceptors (Lipinski definition) is 5. The Morgan fingerprint density at radius 1 is 1.67 bits per heavy atom. The molecular weight excluding hydrogens is 200 g/mol. The SMILES string of the molecule is CC(=O)O[C@@H]1CC2OC(=O)C[C@@H]2[C@H]1CO. The lowest BCUT2D eigenvalue weighted by Crippen LogP contribution is -2.27. The van der Waals surface area contributed by atoms with Gasteiger partial charge in [-0.1, -0.05) is 0 Å². The highest BCUT2D eigenvalue weighted by molar-refractivity contribution is 5.72. The molecule has 2 fully saturated rings. The first-order valence-corrected chi connectivity index (χ1v) is 5.09. The van der Waals surface area contributed by atoms with E-state index in [0.717, 1.165) is 0 Å². The molecule has 1 saturated carbocycles. The fourth-order valence-corrected chi connectivity index (χ4v) is 2.56. The Kier molecular flexibility index (Phi) is 2.65. The van der Waals surface area contributed by atoms with Crippen LogP contribution in [-0.4, -0.2) is 35.9 Å². The molecule has 0 aromatic heterocycles. The van der Waals surface area contributed by atoms with Gasteiger partial charge < -0.3 is 14.6 Å². The van der Waals surface area contributed by atoms with Crippen LogP contribution in [0.5, 0.6) is 0 Å². The van der Waals surface area contributed by atoms with Gasteiger partial charge in [-0.3, -0.25) is 9.59 Å². The summed E-state index contributed by atoms with van der Waals surface area (Å²) < 4.78 is 10.2. The smallest absolute Gasteiger partial charge is 0.306 e. The van der Waals surface area contributed by atoms with Crippen molar-refractivity contribution in [2.45, 2.75) is 32.0 Å². The molecule has 0 bridgehead atoms.